The van der Waals surface area contributed by atoms with Crippen LogP contribution >= 0.6 is 11.3 Å². The van der Waals surface area contributed by atoms with E-state index in [1.165, 1.54) is 32.6 Å². The van der Waals surface area contributed by atoms with Gasteiger partial charge < -0.3 is 0 Å². The lowest BCUT2D eigenvalue weighted by molar-refractivity contribution is -0.665. The van der Waals surface area contributed by atoms with Crippen LogP contribution in [0.15, 0.2) is 41.8 Å². The smallest absolute Gasteiger partial charge is 0.198 e. The lowest BCUT2D eigenvalue weighted by Crippen LogP contribution is -2.34. The first-order valence-corrected chi connectivity index (χ1v) is 6.99. The van der Waals surface area contributed by atoms with Gasteiger partial charge in [-0.2, -0.15) is 4.57 Å². The Kier molecular flexibility index (Phi) is 2.67. The van der Waals surface area contributed by atoms with Crippen LogP contribution in [0.25, 0.3) is 21.3 Å². The number of hydrogen-bond donors (Lipinski definition) is 0. The zero-order valence-electron chi connectivity index (χ0n) is 10.9. The summed E-state index contributed by atoms with van der Waals surface area (Å²) >= 11 is 1.81. The fourth-order valence-electron chi connectivity index (χ4n) is 2.44. The highest BCUT2D eigenvalue weighted by Crippen LogP contribution is 2.31. The van der Waals surface area contributed by atoms with Gasteiger partial charge in [-0.3, -0.25) is 0 Å². The van der Waals surface area contributed by atoms with Gasteiger partial charge in [0.2, 0.25) is 5.69 Å². The van der Waals surface area contributed by atoms with Crippen molar-refractivity contribution in [3.8, 4) is 11.3 Å². The second kappa shape index (κ2) is 4.21. The van der Waals surface area contributed by atoms with Gasteiger partial charge in [-0.05, 0) is 30.0 Å². The maximum atomic E-state index is 2.29. The lowest BCUT2D eigenvalue weighted by atomic mass is 10.0. The molecule has 0 aliphatic rings. The van der Waals surface area contributed by atoms with E-state index in [1.54, 1.807) is 0 Å². The van der Waals surface area contributed by atoms with Crippen molar-refractivity contribution in [2.45, 2.75) is 13.8 Å². The molecule has 0 aliphatic heterocycles. The first-order valence-electron chi connectivity index (χ1n) is 6.11. The van der Waals surface area contributed by atoms with Crippen molar-refractivity contribution in [1.29, 1.82) is 0 Å². The average molecular weight is 254 g/mol. The van der Waals surface area contributed by atoms with Crippen LogP contribution in [0.4, 0.5) is 0 Å². The molecule has 0 atom stereocenters. The molecule has 2 aromatic heterocycles. The second-order valence-corrected chi connectivity index (χ2v) is 5.65. The molecule has 90 valence electrons. The number of rotatable bonds is 1. The van der Waals surface area contributed by atoms with Gasteiger partial charge >= 0.3 is 0 Å². The molecule has 18 heavy (non-hydrogen) atoms. The van der Waals surface area contributed by atoms with Crippen LogP contribution in [0.1, 0.15) is 11.3 Å². The van der Waals surface area contributed by atoms with Crippen molar-refractivity contribution in [2.75, 3.05) is 0 Å². The monoisotopic (exact) mass is 254 g/mol. The SMILES string of the molecule is Cc1ccccc1-c1c2ccsc2cc(C)[n+]1C. The quantitative estimate of drug-likeness (QED) is 0.578. The number of hydrogen-bond acceptors (Lipinski definition) is 1. The molecule has 0 bridgehead atoms. The number of fused-ring (bicyclic) bond motifs is 1. The Labute approximate surface area is 111 Å². The fraction of sp³-hybridized carbons (Fsp3) is 0.188. The van der Waals surface area contributed by atoms with Gasteiger partial charge in [-0.15, -0.1) is 11.3 Å². The maximum absolute atomic E-state index is 2.29. The number of aryl methyl sites for hydroxylation is 2. The Balaban J connectivity index is 2.44. The standard InChI is InChI=1S/C16H16NS/c1-11-6-4-5-7-13(11)16-14-8-9-18-15(14)10-12(2)17(16)3/h4-10H,1-3H3/q+1. The number of aromatic nitrogens is 1. The van der Waals surface area contributed by atoms with Gasteiger partial charge in [0.25, 0.3) is 0 Å². The molecule has 0 radical (unpaired) electrons. The van der Waals surface area contributed by atoms with E-state index in [0.717, 1.165) is 0 Å². The minimum Gasteiger partial charge on any atom is -0.198 e. The molecule has 1 nitrogen and oxygen atoms in total. The summed E-state index contributed by atoms with van der Waals surface area (Å²) in [5.41, 5.74) is 5.27. The largest absolute Gasteiger partial charge is 0.221 e. The van der Waals surface area contributed by atoms with E-state index < -0.39 is 0 Å². The van der Waals surface area contributed by atoms with Crippen molar-refractivity contribution < 1.29 is 4.57 Å². The predicted octanol–water partition coefficient (Wildman–Crippen LogP) is 4.01. The van der Waals surface area contributed by atoms with Crippen molar-refractivity contribution in [2.24, 2.45) is 7.05 Å². The van der Waals surface area contributed by atoms with E-state index in [4.69, 9.17) is 0 Å². The van der Waals surface area contributed by atoms with Gasteiger partial charge in [0.05, 0.1) is 5.39 Å². The van der Waals surface area contributed by atoms with Crippen molar-refractivity contribution in [3.63, 3.8) is 0 Å². The Bertz CT molecular complexity index is 725. The molecule has 3 aromatic rings. The Morgan fingerprint density at radius 3 is 2.61 bits per heavy atom. The van der Waals surface area contributed by atoms with Gasteiger partial charge in [0, 0.05) is 23.3 Å². The van der Waals surface area contributed by atoms with Gasteiger partial charge in [0.15, 0.2) is 5.69 Å². The molecule has 0 saturated carbocycles. The van der Waals surface area contributed by atoms with Crippen LogP contribution in [0, 0.1) is 13.8 Å². The summed E-state index contributed by atoms with van der Waals surface area (Å²) in [4.78, 5) is 0. The highest BCUT2D eigenvalue weighted by atomic mass is 32.1. The lowest BCUT2D eigenvalue weighted by Gasteiger charge is -2.07. The second-order valence-electron chi connectivity index (χ2n) is 4.71. The summed E-state index contributed by atoms with van der Waals surface area (Å²) in [6.45, 7) is 4.34. The van der Waals surface area contributed by atoms with Crippen LogP contribution in [0.2, 0.25) is 0 Å². The number of pyridine rings is 1. The van der Waals surface area contributed by atoms with E-state index in [-0.39, 0.29) is 0 Å². The van der Waals surface area contributed by atoms with Crippen molar-refractivity contribution >= 4 is 21.4 Å². The molecule has 0 amide bonds. The van der Waals surface area contributed by atoms with Crippen LogP contribution in [-0.4, -0.2) is 0 Å². The van der Waals surface area contributed by atoms with E-state index in [9.17, 15) is 0 Å². The summed E-state index contributed by atoms with van der Waals surface area (Å²) in [7, 11) is 2.15. The Morgan fingerprint density at radius 2 is 1.83 bits per heavy atom. The minimum atomic E-state index is 1.29. The topological polar surface area (TPSA) is 3.88 Å². The van der Waals surface area contributed by atoms with Gasteiger partial charge in [-0.1, -0.05) is 18.2 Å². The summed E-state index contributed by atoms with van der Waals surface area (Å²) in [6.07, 6.45) is 0. The predicted molar refractivity (Wildman–Crippen MR) is 77.9 cm³/mol. The first-order chi connectivity index (χ1) is 8.68. The third-order valence-electron chi connectivity index (χ3n) is 3.55. The van der Waals surface area contributed by atoms with Gasteiger partial charge in [0.1, 0.15) is 7.05 Å². The molecule has 0 unspecified atom stereocenters. The van der Waals surface area contributed by atoms with Crippen molar-refractivity contribution in [3.05, 3.63) is 53.0 Å². The molecule has 0 saturated heterocycles. The third kappa shape index (κ3) is 1.65. The van der Waals surface area contributed by atoms with Gasteiger partial charge in [-0.25, -0.2) is 0 Å². The fourth-order valence-corrected chi connectivity index (χ4v) is 3.32. The third-order valence-corrected chi connectivity index (χ3v) is 4.42. The maximum Gasteiger partial charge on any atom is 0.221 e. The van der Waals surface area contributed by atoms with Crippen LogP contribution in [0.5, 0.6) is 0 Å². The zero-order valence-corrected chi connectivity index (χ0v) is 11.7. The van der Waals surface area contributed by atoms with E-state index in [1.807, 2.05) is 11.3 Å². The van der Waals surface area contributed by atoms with Crippen molar-refractivity contribution in [1.82, 2.24) is 0 Å². The molecule has 1 aromatic carbocycles. The van der Waals surface area contributed by atoms with Crippen LogP contribution in [-0.2, 0) is 7.05 Å². The summed E-state index contributed by atoms with van der Waals surface area (Å²) in [5, 5.41) is 3.52. The zero-order chi connectivity index (χ0) is 12.7. The summed E-state index contributed by atoms with van der Waals surface area (Å²) < 4.78 is 3.65. The first kappa shape index (κ1) is 11.4. The summed E-state index contributed by atoms with van der Waals surface area (Å²) in [5.74, 6) is 0. The van der Waals surface area contributed by atoms with Crippen LogP contribution in [0.3, 0.4) is 0 Å². The molecule has 0 N–H and O–H groups in total. The Morgan fingerprint density at radius 1 is 1.06 bits per heavy atom. The van der Waals surface area contributed by atoms with E-state index >= 15 is 0 Å². The highest BCUT2D eigenvalue weighted by molar-refractivity contribution is 7.17. The van der Waals surface area contributed by atoms with Crippen LogP contribution < -0.4 is 4.57 Å². The highest BCUT2D eigenvalue weighted by Gasteiger charge is 2.19. The number of thiophene rings is 1. The summed E-state index contributed by atoms with van der Waals surface area (Å²) in [6, 6.07) is 13.1. The molecule has 3 rings (SSSR count). The molecular weight excluding hydrogens is 238 g/mol. The molecule has 0 fully saturated rings. The molecule has 0 aliphatic carbocycles. The Hall–Kier alpha value is -1.67. The minimum absolute atomic E-state index is 1.29. The van der Waals surface area contributed by atoms with E-state index in [2.05, 4.69) is 67.2 Å². The normalized spacial score (nSPS) is 11.1. The number of benzene rings is 1. The molecule has 0 spiro atoms. The molecular formula is C16H16NS+. The number of nitrogens with zero attached hydrogens (tertiary/aromatic N) is 1. The average Bonchev–Trinajstić information content (AvgIpc) is 2.80. The van der Waals surface area contributed by atoms with E-state index in [0.29, 0.717) is 0 Å². The molecule has 2 heteroatoms. The molecule has 2 heterocycles.